The Morgan fingerprint density at radius 3 is 2.40 bits per heavy atom. The summed E-state index contributed by atoms with van der Waals surface area (Å²) in [6.07, 6.45) is 3.01. The zero-order valence-corrected chi connectivity index (χ0v) is 16.0. The first kappa shape index (κ1) is 20.4. The Hall–Kier alpha value is 0.420. The van der Waals surface area contributed by atoms with Crippen molar-refractivity contribution in [2.45, 2.75) is 12.5 Å². The molecule has 1 N–H and O–H groups in total. The van der Waals surface area contributed by atoms with Crippen LogP contribution in [0.25, 0.3) is 0 Å². The Bertz CT molecular complexity index is 424. The van der Waals surface area contributed by atoms with Crippen LogP contribution in [0.15, 0.2) is 39.8 Å². The van der Waals surface area contributed by atoms with Gasteiger partial charge in [0.1, 0.15) is 0 Å². The smallest absolute Gasteiger partial charge is 0.0383 e. The molecule has 20 heavy (non-hydrogen) atoms. The van der Waals surface area contributed by atoms with Crippen molar-refractivity contribution in [3.63, 3.8) is 0 Å². The number of nitrogens with one attached hydrogen (secondary N) is 1. The third kappa shape index (κ3) is 5.32. The van der Waals surface area contributed by atoms with E-state index in [1.807, 2.05) is 6.08 Å². The fraction of sp³-hybridized carbons (Fsp3) is 0.429. The van der Waals surface area contributed by atoms with E-state index in [4.69, 9.17) is 0 Å². The van der Waals surface area contributed by atoms with Crippen molar-refractivity contribution in [1.82, 2.24) is 10.2 Å². The minimum atomic E-state index is 0. The number of hydrogen-bond donors (Lipinski definition) is 1. The lowest BCUT2D eigenvalue weighted by Gasteiger charge is -2.35. The highest BCUT2D eigenvalue weighted by atomic mass is 79.9. The Morgan fingerprint density at radius 2 is 1.85 bits per heavy atom. The third-order valence-corrected chi connectivity index (χ3v) is 5.19. The van der Waals surface area contributed by atoms with Gasteiger partial charge in [-0.05, 0) is 56.0 Å². The van der Waals surface area contributed by atoms with Gasteiger partial charge in [0.25, 0.3) is 0 Å². The van der Waals surface area contributed by atoms with Gasteiger partial charge in [0.15, 0.2) is 0 Å². The van der Waals surface area contributed by atoms with Crippen molar-refractivity contribution in [2.24, 2.45) is 0 Å². The normalized spacial score (nSPS) is 16.7. The second-order valence-electron chi connectivity index (χ2n) is 4.50. The molecule has 1 atom stereocenters. The molecule has 2 rings (SSSR count). The zero-order chi connectivity index (χ0) is 13.0. The molecule has 0 radical (unpaired) electrons. The number of nitrogens with zero attached hydrogens (tertiary/aromatic N) is 1. The van der Waals surface area contributed by atoms with Crippen LogP contribution in [0.4, 0.5) is 0 Å². The minimum absolute atomic E-state index is 0. The Labute approximate surface area is 150 Å². The van der Waals surface area contributed by atoms with Gasteiger partial charge < -0.3 is 5.32 Å². The fourth-order valence-electron chi connectivity index (χ4n) is 2.37. The maximum absolute atomic E-state index is 3.90. The molecule has 0 saturated carbocycles. The first-order valence-electron chi connectivity index (χ1n) is 6.23. The molecule has 0 aromatic heterocycles. The second-order valence-corrected chi connectivity index (χ2v) is 6.21. The van der Waals surface area contributed by atoms with Crippen LogP contribution in [-0.4, -0.2) is 31.1 Å². The van der Waals surface area contributed by atoms with E-state index in [9.17, 15) is 0 Å². The van der Waals surface area contributed by atoms with Gasteiger partial charge in [-0.25, -0.2) is 0 Å². The zero-order valence-electron chi connectivity index (χ0n) is 11.1. The fourth-order valence-corrected chi connectivity index (χ4v) is 3.01. The predicted octanol–water partition coefficient (Wildman–Crippen LogP) is 4.58. The lowest BCUT2D eigenvalue weighted by atomic mass is 10.0. The SMILES string of the molecule is C=CC[C@@H](c1ccc(Br)c(Br)c1)N1CCNCC1.Cl.Cl. The first-order chi connectivity index (χ1) is 8.72. The molecule has 114 valence electrons. The predicted molar refractivity (Wildman–Crippen MR) is 98.3 cm³/mol. The highest BCUT2D eigenvalue weighted by molar-refractivity contribution is 9.13. The minimum Gasteiger partial charge on any atom is -0.314 e. The molecular weight excluding hydrogens is 427 g/mol. The molecule has 1 aliphatic rings. The molecule has 0 spiro atoms. The van der Waals surface area contributed by atoms with Gasteiger partial charge in [0, 0.05) is 41.2 Å². The van der Waals surface area contributed by atoms with Gasteiger partial charge in [0.05, 0.1) is 0 Å². The van der Waals surface area contributed by atoms with Gasteiger partial charge in [0.2, 0.25) is 0 Å². The molecule has 0 unspecified atom stereocenters. The molecule has 2 nitrogen and oxygen atoms in total. The van der Waals surface area contributed by atoms with E-state index < -0.39 is 0 Å². The quantitative estimate of drug-likeness (QED) is 0.681. The van der Waals surface area contributed by atoms with Gasteiger partial charge in [-0.15, -0.1) is 31.4 Å². The Kier molecular flexibility index (Phi) is 10.4. The van der Waals surface area contributed by atoms with Crippen LogP contribution in [0, 0.1) is 0 Å². The lowest BCUT2D eigenvalue weighted by Crippen LogP contribution is -2.45. The van der Waals surface area contributed by atoms with Gasteiger partial charge >= 0.3 is 0 Å². The van der Waals surface area contributed by atoms with E-state index in [0.717, 1.165) is 41.5 Å². The Morgan fingerprint density at radius 1 is 1.20 bits per heavy atom. The van der Waals surface area contributed by atoms with Gasteiger partial charge in [-0.3, -0.25) is 4.90 Å². The third-order valence-electron chi connectivity index (χ3n) is 3.31. The maximum Gasteiger partial charge on any atom is 0.0383 e. The van der Waals surface area contributed by atoms with E-state index in [-0.39, 0.29) is 24.8 Å². The average molecular weight is 447 g/mol. The van der Waals surface area contributed by atoms with Crippen LogP contribution >= 0.6 is 56.7 Å². The van der Waals surface area contributed by atoms with E-state index in [0.29, 0.717) is 6.04 Å². The highest BCUT2D eigenvalue weighted by Crippen LogP contribution is 2.31. The molecule has 1 fully saturated rings. The van der Waals surface area contributed by atoms with E-state index in [1.54, 1.807) is 0 Å². The summed E-state index contributed by atoms with van der Waals surface area (Å²) < 4.78 is 2.22. The summed E-state index contributed by atoms with van der Waals surface area (Å²) in [7, 11) is 0. The highest BCUT2D eigenvalue weighted by Gasteiger charge is 2.21. The number of hydrogen-bond acceptors (Lipinski definition) is 2. The molecule has 6 heteroatoms. The van der Waals surface area contributed by atoms with Crippen molar-refractivity contribution in [3.8, 4) is 0 Å². The number of halogens is 4. The van der Waals surface area contributed by atoms with Crippen LogP contribution in [0.5, 0.6) is 0 Å². The van der Waals surface area contributed by atoms with Gasteiger partial charge in [-0.1, -0.05) is 12.1 Å². The molecule has 0 amide bonds. The molecule has 0 aliphatic carbocycles. The Balaban J connectivity index is 0.00000180. The molecule has 1 aromatic carbocycles. The second kappa shape index (κ2) is 10.2. The van der Waals surface area contributed by atoms with Crippen LogP contribution in [0.1, 0.15) is 18.0 Å². The first-order valence-corrected chi connectivity index (χ1v) is 7.81. The van der Waals surface area contributed by atoms with Gasteiger partial charge in [-0.2, -0.15) is 0 Å². The van der Waals surface area contributed by atoms with Crippen molar-refractivity contribution in [3.05, 3.63) is 45.4 Å². The summed E-state index contributed by atoms with van der Waals surface area (Å²) >= 11 is 7.11. The molecule has 1 heterocycles. The molecular formula is C14H20Br2Cl2N2. The maximum atomic E-state index is 3.90. The van der Waals surface area contributed by atoms with Crippen molar-refractivity contribution in [2.75, 3.05) is 26.2 Å². The summed E-state index contributed by atoms with van der Waals surface area (Å²) in [6, 6.07) is 6.96. The summed E-state index contributed by atoms with van der Waals surface area (Å²) in [5.41, 5.74) is 1.35. The summed E-state index contributed by atoms with van der Waals surface area (Å²) in [4.78, 5) is 2.54. The van der Waals surface area contributed by atoms with E-state index >= 15 is 0 Å². The largest absolute Gasteiger partial charge is 0.314 e. The van der Waals surface area contributed by atoms with Crippen molar-refractivity contribution in [1.29, 1.82) is 0 Å². The topological polar surface area (TPSA) is 15.3 Å². The van der Waals surface area contributed by atoms with Crippen LogP contribution < -0.4 is 5.32 Å². The molecule has 0 bridgehead atoms. The summed E-state index contributed by atoms with van der Waals surface area (Å²) in [5.74, 6) is 0. The number of piperazine rings is 1. The van der Waals surface area contributed by atoms with E-state index in [1.165, 1.54) is 5.56 Å². The molecule has 1 saturated heterocycles. The standard InChI is InChI=1S/C14H18Br2N2.2ClH/c1-2-3-14(18-8-6-17-7-9-18)11-4-5-12(15)13(16)10-11;;/h2,4-5,10,14,17H,1,3,6-9H2;2*1H/t14-;;/m0../s1. The molecule has 1 aromatic rings. The number of benzene rings is 1. The summed E-state index contributed by atoms with van der Waals surface area (Å²) in [6.45, 7) is 8.25. The molecule has 1 aliphatic heterocycles. The summed E-state index contributed by atoms with van der Waals surface area (Å²) in [5, 5.41) is 3.40. The van der Waals surface area contributed by atoms with Crippen LogP contribution in [0.3, 0.4) is 0 Å². The van der Waals surface area contributed by atoms with E-state index in [2.05, 4.69) is 66.9 Å². The lowest BCUT2D eigenvalue weighted by molar-refractivity contribution is 0.174. The van der Waals surface area contributed by atoms with Crippen molar-refractivity contribution < 1.29 is 0 Å². The van der Waals surface area contributed by atoms with Crippen molar-refractivity contribution >= 4 is 56.7 Å². The van der Waals surface area contributed by atoms with Crippen LogP contribution in [0.2, 0.25) is 0 Å². The van der Waals surface area contributed by atoms with Crippen LogP contribution in [-0.2, 0) is 0 Å². The average Bonchev–Trinajstić information content (AvgIpc) is 2.40. The number of rotatable bonds is 4. The monoisotopic (exact) mass is 444 g/mol.